The maximum atomic E-state index is 12.4. The van der Waals surface area contributed by atoms with Gasteiger partial charge in [-0.15, -0.1) is 0 Å². The van der Waals surface area contributed by atoms with Crippen LogP contribution in [0.15, 0.2) is 36.7 Å². The molecule has 0 aliphatic carbocycles. The fraction of sp³-hybridized carbons (Fsp3) is 0.333. The van der Waals surface area contributed by atoms with Crippen molar-refractivity contribution in [1.82, 2.24) is 18.9 Å². The van der Waals surface area contributed by atoms with E-state index >= 15 is 0 Å². The molecule has 1 atom stereocenters. The second-order valence-electron chi connectivity index (χ2n) is 7.84. The average Bonchev–Trinajstić information content (AvgIpc) is 3.39. The summed E-state index contributed by atoms with van der Waals surface area (Å²) in [7, 11) is -3.55. The molecule has 0 radical (unpaired) electrons. The first-order chi connectivity index (χ1) is 14.9. The van der Waals surface area contributed by atoms with Gasteiger partial charge < -0.3 is 19.7 Å². The van der Waals surface area contributed by atoms with Crippen molar-refractivity contribution in [1.29, 1.82) is 0 Å². The summed E-state index contributed by atoms with van der Waals surface area (Å²) in [5.41, 5.74) is 2.63. The van der Waals surface area contributed by atoms with E-state index in [4.69, 9.17) is 9.72 Å². The van der Waals surface area contributed by atoms with E-state index in [0.29, 0.717) is 48.0 Å². The highest BCUT2D eigenvalue weighted by molar-refractivity contribution is 7.89. The summed E-state index contributed by atoms with van der Waals surface area (Å²) >= 11 is 0. The molecule has 4 heterocycles. The third kappa shape index (κ3) is 3.36. The summed E-state index contributed by atoms with van der Waals surface area (Å²) in [4.78, 5) is 14.9. The Morgan fingerprint density at radius 3 is 2.84 bits per heavy atom. The smallest absolute Gasteiger partial charge is 0.237 e. The molecule has 1 aliphatic rings. The van der Waals surface area contributed by atoms with Crippen LogP contribution in [0.2, 0.25) is 0 Å². The normalized spacial score (nSPS) is 17.6. The predicted octanol–water partition coefficient (Wildman–Crippen LogP) is 2.10. The molecule has 0 bridgehead atoms. The fourth-order valence-corrected chi connectivity index (χ4v) is 4.86. The third-order valence-corrected chi connectivity index (χ3v) is 6.65. The Bertz CT molecular complexity index is 1390. The molecule has 10 heteroatoms. The summed E-state index contributed by atoms with van der Waals surface area (Å²) in [6.07, 6.45) is 4.49. The first-order valence-electron chi connectivity index (χ1n) is 10.0. The number of morpholine rings is 1. The lowest BCUT2D eigenvalue weighted by molar-refractivity contribution is 0.0987. The molecule has 2 N–H and O–H groups in total. The van der Waals surface area contributed by atoms with Crippen LogP contribution in [0.3, 0.4) is 0 Å². The molecule has 3 aromatic heterocycles. The van der Waals surface area contributed by atoms with Gasteiger partial charge in [0.15, 0.2) is 11.5 Å². The zero-order chi connectivity index (χ0) is 21.8. The monoisotopic (exact) mass is 441 g/mol. The van der Waals surface area contributed by atoms with E-state index in [1.54, 1.807) is 6.07 Å². The summed E-state index contributed by atoms with van der Waals surface area (Å²) in [5, 5.41) is 11.3. The van der Waals surface area contributed by atoms with Crippen LogP contribution >= 0.6 is 0 Å². The van der Waals surface area contributed by atoms with Crippen LogP contribution in [0.5, 0.6) is 0 Å². The Balaban J connectivity index is 1.83. The van der Waals surface area contributed by atoms with Gasteiger partial charge in [-0.3, -0.25) is 0 Å². The summed E-state index contributed by atoms with van der Waals surface area (Å²) in [6.45, 7) is 3.71. The number of aromatic amines is 1. The van der Waals surface area contributed by atoms with Crippen LogP contribution in [-0.4, -0.2) is 64.5 Å². The molecular formula is C21H23N5O4S. The van der Waals surface area contributed by atoms with Gasteiger partial charge in [-0.1, -0.05) is 0 Å². The molecule has 0 amide bonds. The van der Waals surface area contributed by atoms with Crippen molar-refractivity contribution in [3.63, 3.8) is 0 Å². The standard InChI is InChI=1S/C21H23N5O4S/c1-13-12-30-8-7-25(13)20-16-4-6-26(31(2,28)29)21(16)24-19(23-20)17-9-14(11-27)10-18-15(17)3-5-22-18/h3-6,9-10,13,22,27H,7-8,11-12H2,1-2H3/t13-/m1/s1. The lowest BCUT2D eigenvalue weighted by Gasteiger charge is -2.34. The largest absolute Gasteiger partial charge is 0.392 e. The van der Waals surface area contributed by atoms with Gasteiger partial charge in [0.2, 0.25) is 10.0 Å². The van der Waals surface area contributed by atoms with Gasteiger partial charge in [-0.25, -0.2) is 22.4 Å². The molecule has 9 nitrogen and oxygen atoms in total. The highest BCUT2D eigenvalue weighted by atomic mass is 32.2. The summed E-state index contributed by atoms with van der Waals surface area (Å²) < 4.78 is 31.6. The van der Waals surface area contributed by atoms with Crippen molar-refractivity contribution in [2.75, 3.05) is 30.9 Å². The van der Waals surface area contributed by atoms with E-state index in [-0.39, 0.29) is 12.6 Å². The minimum absolute atomic E-state index is 0.0809. The highest BCUT2D eigenvalue weighted by Gasteiger charge is 2.26. The topological polar surface area (TPSA) is 113 Å². The van der Waals surface area contributed by atoms with Crippen molar-refractivity contribution >= 4 is 37.8 Å². The number of hydrogen-bond acceptors (Lipinski definition) is 7. The molecule has 1 aliphatic heterocycles. The molecule has 1 saturated heterocycles. The third-order valence-electron chi connectivity index (χ3n) is 5.64. The van der Waals surface area contributed by atoms with Crippen LogP contribution in [0, 0.1) is 0 Å². The zero-order valence-electron chi connectivity index (χ0n) is 17.2. The number of aliphatic hydroxyl groups is 1. The van der Waals surface area contributed by atoms with Gasteiger partial charge in [0.1, 0.15) is 5.82 Å². The van der Waals surface area contributed by atoms with E-state index in [9.17, 15) is 13.5 Å². The minimum atomic E-state index is -3.55. The number of nitrogens with zero attached hydrogens (tertiary/aromatic N) is 4. The fourth-order valence-electron chi connectivity index (χ4n) is 4.13. The van der Waals surface area contributed by atoms with E-state index < -0.39 is 10.0 Å². The van der Waals surface area contributed by atoms with E-state index in [0.717, 1.165) is 22.7 Å². The zero-order valence-corrected chi connectivity index (χ0v) is 18.1. The first-order valence-corrected chi connectivity index (χ1v) is 11.9. The van der Waals surface area contributed by atoms with Crippen molar-refractivity contribution in [2.45, 2.75) is 19.6 Å². The number of anilines is 1. The number of benzene rings is 1. The van der Waals surface area contributed by atoms with Gasteiger partial charge in [0.05, 0.1) is 37.5 Å². The predicted molar refractivity (Wildman–Crippen MR) is 119 cm³/mol. The van der Waals surface area contributed by atoms with Crippen molar-refractivity contribution in [2.24, 2.45) is 0 Å². The van der Waals surface area contributed by atoms with E-state index in [1.807, 2.05) is 24.4 Å². The maximum absolute atomic E-state index is 12.4. The Hall–Kier alpha value is -2.95. The second-order valence-corrected chi connectivity index (χ2v) is 9.70. The van der Waals surface area contributed by atoms with Crippen LogP contribution < -0.4 is 4.90 Å². The Morgan fingerprint density at radius 1 is 1.26 bits per heavy atom. The Labute approximate surface area is 179 Å². The summed E-state index contributed by atoms with van der Waals surface area (Å²) in [5.74, 6) is 1.08. The van der Waals surface area contributed by atoms with Crippen molar-refractivity contribution < 1.29 is 18.3 Å². The number of fused-ring (bicyclic) bond motifs is 2. The molecule has 31 heavy (non-hydrogen) atoms. The maximum Gasteiger partial charge on any atom is 0.237 e. The van der Waals surface area contributed by atoms with Crippen molar-refractivity contribution in [3.8, 4) is 11.4 Å². The molecule has 5 rings (SSSR count). The average molecular weight is 442 g/mol. The number of hydrogen-bond donors (Lipinski definition) is 2. The van der Waals surface area contributed by atoms with Gasteiger partial charge in [0, 0.05) is 35.4 Å². The molecule has 0 spiro atoms. The number of nitrogens with one attached hydrogen (secondary N) is 1. The van der Waals surface area contributed by atoms with E-state index in [1.165, 1.54) is 10.2 Å². The molecule has 162 valence electrons. The molecule has 1 fully saturated rings. The van der Waals surface area contributed by atoms with Crippen LogP contribution in [0.25, 0.3) is 33.3 Å². The van der Waals surface area contributed by atoms with Gasteiger partial charge >= 0.3 is 0 Å². The molecule has 0 unspecified atom stereocenters. The lowest BCUT2D eigenvalue weighted by atomic mass is 10.1. The Morgan fingerprint density at radius 2 is 2.10 bits per heavy atom. The molecule has 4 aromatic rings. The number of aromatic nitrogens is 4. The Kier molecular flexibility index (Phi) is 4.72. The van der Waals surface area contributed by atoms with Gasteiger partial charge in [-0.05, 0) is 36.8 Å². The first kappa shape index (κ1) is 20.0. The highest BCUT2D eigenvalue weighted by Crippen LogP contribution is 2.34. The molecular weight excluding hydrogens is 418 g/mol. The molecule has 0 saturated carbocycles. The second kappa shape index (κ2) is 7.33. The number of aliphatic hydroxyl groups excluding tert-OH is 1. The number of rotatable bonds is 4. The summed E-state index contributed by atoms with van der Waals surface area (Å²) in [6, 6.07) is 7.47. The van der Waals surface area contributed by atoms with E-state index in [2.05, 4.69) is 21.8 Å². The van der Waals surface area contributed by atoms with Gasteiger partial charge in [-0.2, -0.15) is 0 Å². The quantitative estimate of drug-likeness (QED) is 0.499. The SMILES string of the molecule is C[C@@H]1COCCN1c1nc(-c2cc(CO)cc3[nH]ccc23)nc2c1ccn2S(C)(=O)=O. The van der Waals surface area contributed by atoms with Crippen molar-refractivity contribution in [3.05, 3.63) is 42.2 Å². The number of ether oxygens (including phenoxy) is 1. The van der Waals surface area contributed by atoms with Crippen LogP contribution in [-0.2, 0) is 21.4 Å². The van der Waals surface area contributed by atoms with Crippen LogP contribution in [0.4, 0.5) is 5.82 Å². The molecule has 1 aromatic carbocycles. The lowest BCUT2D eigenvalue weighted by Crippen LogP contribution is -2.44. The number of H-pyrrole nitrogens is 1. The van der Waals surface area contributed by atoms with Crippen LogP contribution in [0.1, 0.15) is 12.5 Å². The minimum Gasteiger partial charge on any atom is -0.392 e. The van der Waals surface area contributed by atoms with Gasteiger partial charge in [0.25, 0.3) is 0 Å².